The third kappa shape index (κ3) is 3.33. The number of hydrogen-bond acceptors (Lipinski definition) is 2. The van der Waals surface area contributed by atoms with Gasteiger partial charge in [0.25, 0.3) is 0 Å². The van der Waals surface area contributed by atoms with Crippen LogP contribution in [0.3, 0.4) is 0 Å². The summed E-state index contributed by atoms with van der Waals surface area (Å²) in [6.45, 7) is 12.0. The SMILES string of the molecule is CC(C)c1ccc(C(C)C)c2c1CC1(CCN(Cc3ccccc3)CC1)C2=O. The van der Waals surface area contributed by atoms with Crippen LogP contribution in [0, 0.1) is 5.41 Å². The third-order valence-electron chi connectivity index (χ3n) is 6.91. The Labute approximate surface area is 170 Å². The van der Waals surface area contributed by atoms with E-state index in [1.54, 1.807) is 0 Å². The molecule has 2 aliphatic rings. The first kappa shape index (κ1) is 19.4. The summed E-state index contributed by atoms with van der Waals surface area (Å²) in [7, 11) is 0. The lowest BCUT2D eigenvalue weighted by Gasteiger charge is -2.38. The van der Waals surface area contributed by atoms with E-state index in [-0.39, 0.29) is 5.41 Å². The Bertz CT molecular complexity index is 858. The van der Waals surface area contributed by atoms with Gasteiger partial charge in [-0.1, -0.05) is 70.2 Å². The molecule has 1 saturated heterocycles. The highest BCUT2D eigenvalue weighted by Gasteiger charge is 2.48. The van der Waals surface area contributed by atoms with Crippen molar-refractivity contribution >= 4 is 5.78 Å². The Balaban J connectivity index is 1.58. The predicted molar refractivity (Wildman–Crippen MR) is 116 cm³/mol. The number of carbonyl (C=O) groups is 1. The monoisotopic (exact) mass is 375 g/mol. The summed E-state index contributed by atoms with van der Waals surface area (Å²) >= 11 is 0. The molecule has 2 aromatic rings. The summed E-state index contributed by atoms with van der Waals surface area (Å²) in [4.78, 5) is 16.2. The Kier molecular flexibility index (Phi) is 5.18. The highest BCUT2D eigenvalue weighted by molar-refractivity contribution is 6.06. The Hall–Kier alpha value is -1.93. The number of piperidine rings is 1. The van der Waals surface area contributed by atoms with Gasteiger partial charge in [0.1, 0.15) is 0 Å². The van der Waals surface area contributed by atoms with Crippen LogP contribution < -0.4 is 0 Å². The number of hydrogen-bond donors (Lipinski definition) is 0. The molecule has 1 aliphatic heterocycles. The third-order valence-corrected chi connectivity index (χ3v) is 6.91. The Morgan fingerprint density at radius 1 is 0.893 bits per heavy atom. The minimum absolute atomic E-state index is 0.163. The van der Waals surface area contributed by atoms with E-state index in [4.69, 9.17) is 0 Å². The second-order valence-corrected chi connectivity index (χ2v) is 9.45. The van der Waals surface area contributed by atoms with Crippen LogP contribution in [0.2, 0.25) is 0 Å². The number of ketones is 1. The molecule has 0 N–H and O–H groups in total. The fraction of sp³-hybridized carbons (Fsp3) is 0.500. The van der Waals surface area contributed by atoms with Gasteiger partial charge >= 0.3 is 0 Å². The molecule has 1 heterocycles. The number of Topliss-reactive ketones (excluding diaryl/α,β-unsaturated/α-hetero) is 1. The number of rotatable bonds is 4. The van der Waals surface area contributed by atoms with Gasteiger partial charge in [0.15, 0.2) is 5.78 Å². The molecule has 1 aliphatic carbocycles. The van der Waals surface area contributed by atoms with Gasteiger partial charge in [-0.3, -0.25) is 9.69 Å². The van der Waals surface area contributed by atoms with E-state index < -0.39 is 0 Å². The molecule has 0 aromatic heterocycles. The molecular weight excluding hydrogens is 342 g/mol. The van der Waals surface area contributed by atoms with Crippen LogP contribution in [0.1, 0.15) is 85.0 Å². The molecule has 0 radical (unpaired) electrons. The van der Waals surface area contributed by atoms with Crippen molar-refractivity contribution in [3.8, 4) is 0 Å². The number of fused-ring (bicyclic) bond motifs is 1. The maximum Gasteiger partial charge on any atom is 0.170 e. The summed E-state index contributed by atoms with van der Waals surface area (Å²) in [5, 5.41) is 0. The minimum atomic E-state index is -0.163. The van der Waals surface area contributed by atoms with Crippen LogP contribution in [-0.2, 0) is 13.0 Å². The van der Waals surface area contributed by atoms with E-state index in [2.05, 4.69) is 75.1 Å². The van der Waals surface area contributed by atoms with Gasteiger partial charge in [0.05, 0.1) is 0 Å². The first-order valence-electron chi connectivity index (χ1n) is 10.9. The van der Waals surface area contributed by atoms with E-state index in [0.29, 0.717) is 17.6 Å². The van der Waals surface area contributed by atoms with Gasteiger partial charge in [0, 0.05) is 17.5 Å². The van der Waals surface area contributed by atoms with E-state index in [1.807, 2.05) is 0 Å². The van der Waals surface area contributed by atoms with Crippen molar-refractivity contribution < 1.29 is 4.79 Å². The first-order chi connectivity index (χ1) is 13.4. The fourth-order valence-electron chi connectivity index (χ4n) is 5.23. The quantitative estimate of drug-likeness (QED) is 0.657. The van der Waals surface area contributed by atoms with E-state index >= 15 is 0 Å². The number of nitrogens with zero attached hydrogens (tertiary/aromatic N) is 1. The normalized spacial score (nSPS) is 19.0. The molecule has 0 amide bonds. The maximum absolute atomic E-state index is 13.7. The number of benzene rings is 2. The van der Waals surface area contributed by atoms with Gasteiger partial charge in [0.2, 0.25) is 0 Å². The van der Waals surface area contributed by atoms with Crippen LogP contribution in [0.25, 0.3) is 0 Å². The summed E-state index contributed by atoms with van der Waals surface area (Å²) in [6.07, 6.45) is 2.93. The topological polar surface area (TPSA) is 20.3 Å². The van der Waals surface area contributed by atoms with E-state index in [0.717, 1.165) is 44.5 Å². The van der Waals surface area contributed by atoms with Crippen molar-refractivity contribution in [1.29, 1.82) is 0 Å². The standard InChI is InChI=1S/C26H33NO/c1-18(2)21-10-11-22(19(3)4)24-23(21)16-26(25(24)28)12-14-27(15-13-26)17-20-8-6-5-7-9-20/h5-11,18-19H,12-17H2,1-4H3. The van der Waals surface area contributed by atoms with Gasteiger partial charge in [-0.2, -0.15) is 0 Å². The molecule has 2 nitrogen and oxygen atoms in total. The molecule has 28 heavy (non-hydrogen) atoms. The lowest BCUT2D eigenvalue weighted by molar-refractivity contribution is 0.0622. The van der Waals surface area contributed by atoms with Gasteiger partial charge in [-0.25, -0.2) is 0 Å². The second-order valence-electron chi connectivity index (χ2n) is 9.45. The Morgan fingerprint density at radius 3 is 2.11 bits per heavy atom. The average Bonchev–Trinajstić information content (AvgIpc) is 2.96. The van der Waals surface area contributed by atoms with Crippen LogP contribution in [0.15, 0.2) is 42.5 Å². The molecule has 0 bridgehead atoms. The van der Waals surface area contributed by atoms with Gasteiger partial charge in [-0.05, 0) is 66.4 Å². The predicted octanol–water partition coefficient (Wildman–Crippen LogP) is 5.95. The fourth-order valence-corrected chi connectivity index (χ4v) is 5.23. The lowest BCUT2D eigenvalue weighted by Crippen LogP contribution is -2.43. The smallest absolute Gasteiger partial charge is 0.170 e. The van der Waals surface area contributed by atoms with E-state index in [9.17, 15) is 4.79 Å². The Morgan fingerprint density at radius 2 is 1.50 bits per heavy atom. The van der Waals surface area contributed by atoms with E-state index in [1.165, 1.54) is 22.3 Å². The van der Waals surface area contributed by atoms with Gasteiger partial charge < -0.3 is 0 Å². The average molecular weight is 376 g/mol. The maximum atomic E-state index is 13.7. The van der Waals surface area contributed by atoms with Crippen LogP contribution in [-0.4, -0.2) is 23.8 Å². The summed E-state index contributed by atoms with van der Waals surface area (Å²) in [5.74, 6) is 1.30. The molecule has 1 spiro atoms. The first-order valence-corrected chi connectivity index (χ1v) is 10.9. The largest absolute Gasteiger partial charge is 0.299 e. The van der Waals surface area contributed by atoms with Crippen LogP contribution in [0.4, 0.5) is 0 Å². The zero-order valence-corrected chi connectivity index (χ0v) is 17.8. The van der Waals surface area contributed by atoms with Crippen molar-refractivity contribution in [2.45, 2.75) is 65.3 Å². The molecular formula is C26H33NO. The van der Waals surface area contributed by atoms with Crippen LogP contribution in [0.5, 0.6) is 0 Å². The lowest BCUT2D eigenvalue weighted by atomic mass is 9.74. The summed E-state index contributed by atoms with van der Waals surface area (Å²) < 4.78 is 0. The number of likely N-dealkylation sites (tertiary alicyclic amines) is 1. The van der Waals surface area contributed by atoms with Crippen LogP contribution >= 0.6 is 0 Å². The molecule has 2 heteroatoms. The van der Waals surface area contributed by atoms with Crippen molar-refractivity contribution in [3.05, 3.63) is 70.3 Å². The molecule has 2 aromatic carbocycles. The molecule has 0 atom stereocenters. The van der Waals surface area contributed by atoms with Crippen molar-refractivity contribution in [2.24, 2.45) is 5.41 Å². The highest BCUT2D eigenvalue weighted by Crippen LogP contribution is 2.48. The molecule has 0 saturated carbocycles. The zero-order chi connectivity index (χ0) is 19.9. The molecule has 148 valence electrons. The molecule has 1 fully saturated rings. The van der Waals surface area contributed by atoms with Crippen molar-refractivity contribution in [2.75, 3.05) is 13.1 Å². The molecule has 0 unspecified atom stereocenters. The van der Waals surface area contributed by atoms with Gasteiger partial charge in [-0.15, -0.1) is 0 Å². The summed E-state index contributed by atoms with van der Waals surface area (Å²) in [6, 6.07) is 15.2. The van der Waals surface area contributed by atoms with Crippen molar-refractivity contribution in [1.82, 2.24) is 4.90 Å². The second kappa shape index (κ2) is 7.48. The highest BCUT2D eigenvalue weighted by atomic mass is 16.1. The minimum Gasteiger partial charge on any atom is -0.299 e. The summed E-state index contributed by atoms with van der Waals surface area (Å²) in [5.41, 5.74) is 6.29. The zero-order valence-electron chi connectivity index (χ0n) is 17.8. The number of carbonyl (C=O) groups excluding carboxylic acids is 1. The molecule has 4 rings (SSSR count). The van der Waals surface area contributed by atoms with Crippen molar-refractivity contribution in [3.63, 3.8) is 0 Å².